The normalized spacial score (nSPS) is 27.9. The summed E-state index contributed by atoms with van der Waals surface area (Å²) in [6.07, 6.45) is 0.773. The lowest BCUT2D eigenvalue weighted by Crippen LogP contribution is -2.57. The van der Waals surface area contributed by atoms with Crippen molar-refractivity contribution in [2.75, 3.05) is 13.7 Å². The van der Waals surface area contributed by atoms with E-state index in [1.54, 1.807) is 4.90 Å². The second-order valence-corrected chi connectivity index (χ2v) is 5.57. The quantitative estimate of drug-likeness (QED) is 0.608. The van der Waals surface area contributed by atoms with Gasteiger partial charge in [-0.3, -0.25) is 14.5 Å². The van der Waals surface area contributed by atoms with Crippen molar-refractivity contribution in [3.05, 3.63) is 35.9 Å². The molecule has 1 amide bonds. The number of amides is 1. The second-order valence-electron chi connectivity index (χ2n) is 5.57. The van der Waals surface area contributed by atoms with Crippen LogP contribution in [0.1, 0.15) is 12.0 Å². The van der Waals surface area contributed by atoms with E-state index in [4.69, 9.17) is 12.6 Å². The van der Waals surface area contributed by atoms with Crippen LogP contribution in [0.15, 0.2) is 30.3 Å². The van der Waals surface area contributed by atoms with Gasteiger partial charge in [0.25, 0.3) is 0 Å². The van der Waals surface area contributed by atoms with Gasteiger partial charge in [0.1, 0.15) is 6.04 Å². The lowest BCUT2D eigenvalue weighted by atomic mass is 10.0. The van der Waals surface area contributed by atoms with Gasteiger partial charge in [-0.2, -0.15) is 0 Å². The zero-order valence-corrected chi connectivity index (χ0v) is 11.9. The van der Waals surface area contributed by atoms with E-state index in [2.05, 4.69) is 4.90 Å². The first kappa shape index (κ1) is 14.1. The first-order valence-electron chi connectivity index (χ1n) is 7.05. The molecule has 0 spiro atoms. The van der Waals surface area contributed by atoms with Crippen LogP contribution in [0, 0.1) is 0 Å². The van der Waals surface area contributed by atoms with Crippen LogP contribution in [0.2, 0.25) is 0 Å². The van der Waals surface area contributed by atoms with Crippen LogP contribution in [0.4, 0.5) is 4.79 Å². The fraction of sp³-hybridized carbons (Fsp3) is 0.467. The standard InChI is InChI=1S/C15H17BN2O3/c1-21-14(19)13-12-7-11(9-18(12)15(16)20)17(13)8-10-5-3-2-4-6-10/h2-6,11-13H,7-9H2,1H3/t11?,12?,13-/m0/s1. The van der Waals surface area contributed by atoms with E-state index >= 15 is 0 Å². The number of fused-ring (bicyclic) bond motifs is 2. The highest BCUT2D eigenvalue weighted by atomic mass is 16.5. The molecule has 0 aliphatic carbocycles. The summed E-state index contributed by atoms with van der Waals surface area (Å²) < 4.78 is 4.92. The van der Waals surface area contributed by atoms with Crippen molar-refractivity contribution in [1.29, 1.82) is 0 Å². The number of rotatable bonds is 3. The van der Waals surface area contributed by atoms with Crippen molar-refractivity contribution in [3.63, 3.8) is 0 Å². The largest absolute Gasteiger partial charge is 0.468 e. The Morgan fingerprint density at radius 2 is 2.05 bits per heavy atom. The molecule has 21 heavy (non-hydrogen) atoms. The summed E-state index contributed by atoms with van der Waals surface area (Å²) in [6, 6.07) is 9.54. The topological polar surface area (TPSA) is 49.9 Å². The van der Waals surface area contributed by atoms with Gasteiger partial charge in [0, 0.05) is 19.1 Å². The van der Waals surface area contributed by atoms with Crippen LogP contribution < -0.4 is 0 Å². The Bertz CT molecular complexity index is 551. The van der Waals surface area contributed by atoms with Crippen LogP contribution in [-0.2, 0) is 16.1 Å². The molecule has 0 saturated carbocycles. The van der Waals surface area contributed by atoms with Crippen LogP contribution in [0.3, 0.4) is 0 Å². The third kappa shape index (κ3) is 2.44. The monoisotopic (exact) mass is 284 g/mol. The van der Waals surface area contributed by atoms with Crippen molar-refractivity contribution in [2.24, 2.45) is 0 Å². The van der Waals surface area contributed by atoms with Gasteiger partial charge in [-0.05, 0) is 12.0 Å². The maximum absolute atomic E-state index is 12.1. The molecular formula is C15H17BN2O3. The SMILES string of the molecule is [B]C(=O)N1CC2CC1[C@@H](C(=O)OC)N2Cc1ccccc1. The maximum atomic E-state index is 12.1. The van der Waals surface area contributed by atoms with Crippen LogP contribution >= 0.6 is 0 Å². The Morgan fingerprint density at radius 3 is 2.67 bits per heavy atom. The molecule has 5 nitrogen and oxygen atoms in total. The highest BCUT2D eigenvalue weighted by molar-refractivity contribution is 6.57. The fourth-order valence-electron chi connectivity index (χ4n) is 3.52. The zero-order chi connectivity index (χ0) is 15.0. The van der Waals surface area contributed by atoms with Gasteiger partial charge in [0.05, 0.1) is 13.2 Å². The Balaban J connectivity index is 1.83. The van der Waals surface area contributed by atoms with Gasteiger partial charge in [-0.1, -0.05) is 30.3 Å². The number of piperazine rings is 1. The molecule has 1 aromatic rings. The maximum Gasteiger partial charge on any atom is 0.325 e. The number of nitrogens with zero attached hydrogens (tertiary/aromatic N) is 2. The molecule has 3 atom stereocenters. The minimum absolute atomic E-state index is 0.159. The first-order valence-corrected chi connectivity index (χ1v) is 7.05. The fourth-order valence-corrected chi connectivity index (χ4v) is 3.52. The molecule has 2 aliphatic heterocycles. The molecule has 2 unspecified atom stereocenters. The molecule has 0 aromatic heterocycles. The average molecular weight is 284 g/mol. The number of hydrogen-bond acceptors (Lipinski definition) is 4. The smallest absolute Gasteiger partial charge is 0.325 e. The number of carbonyl (C=O) groups excluding carboxylic acids is 2. The van der Waals surface area contributed by atoms with E-state index in [0.29, 0.717) is 13.1 Å². The molecule has 2 radical (unpaired) electrons. The lowest BCUT2D eigenvalue weighted by molar-refractivity contribution is -0.149. The first-order chi connectivity index (χ1) is 10.1. The van der Waals surface area contributed by atoms with Gasteiger partial charge in [0.15, 0.2) is 5.81 Å². The van der Waals surface area contributed by atoms with Crippen LogP contribution in [0.25, 0.3) is 0 Å². The van der Waals surface area contributed by atoms with E-state index in [-0.39, 0.29) is 18.1 Å². The number of ether oxygens (including phenoxy) is 1. The summed E-state index contributed by atoms with van der Waals surface area (Å²) in [4.78, 5) is 27.3. The highest BCUT2D eigenvalue weighted by Gasteiger charge is 2.54. The minimum atomic E-state index is -0.462. The van der Waals surface area contributed by atoms with Gasteiger partial charge in [-0.25, -0.2) is 0 Å². The molecule has 108 valence electrons. The zero-order valence-electron chi connectivity index (χ0n) is 11.9. The summed E-state index contributed by atoms with van der Waals surface area (Å²) in [5.74, 6) is -0.764. The molecule has 0 N–H and O–H groups in total. The molecule has 6 heteroatoms. The molecular weight excluding hydrogens is 267 g/mol. The minimum Gasteiger partial charge on any atom is -0.468 e. The summed E-state index contributed by atoms with van der Waals surface area (Å²) >= 11 is 0. The van der Waals surface area contributed by atoms with E-state index in [9.17, 15) is 9.59 Å². The number of methoxy groups -OCH3 is 1. The Labute approximate surface area is 125 Å². The predicted molar refractivity (Wildman–Crippen MR) is 77.8 cm³/mol. The number of hydrogen-bond donors (Lipinski definition) is 0. The van der Waals surface area contributed by atoms with E-state index in [1.165, 1.54) is 7.11 Å². The summed E-state index contributed by atoms with van der Waals surface area (Å²) in [7, 11) is 6.78. The summed E-state index contributed by atoms with van der Waals surface area (Å²) in [6.45, 7) is 1.26. The van der Waals surface area contributed by atoms with Crippen molar-refractivity contribution >= 4 is 19.6 Å². The lowest BCUT2D eigenvalue weighted by Gasteiger charge is -2.39. The third-order valence-corrected chi connectivity index (χ3v) is 4.45. The molecule has 3 rings (SSSR count). The molecule has 2 fully saturated rings. The van der Waals surface area contributed by atoms with Gasteiger partial charge in [-0.15, -0.1) is 0 Å². The molecule has 2 heterocycles. The Hall–Kier alpha value is -1.82. The Morgan fingerprint density at radius 1 is 1.33 bits per heavy atom. The molecule has 1 aromatic carbocycles. The van der Waals surface area contributed by atoms with Crippen LogP contribution in [-0.4, -0.2) is 61.2 Å². The molecule has 2 saturated heterocycles. The predicted octanol–water partition coefficient (Wildman–Crippen LogP) is 0.775. The number of carbonyl (C=O) groups is 2. The summed E-state index contributed by atoms with van der Waals surface area (Å²) in [5.41, 5.74) is 1.14. The average Bonchev–Trinajstić information content (AvgIpc) is 3.06. The van der Waals surface area contributed by atoms with Crippen molar-refractivity contribution in [2.45, 2.75) is 31.1 Å². The van der Waals surface area contributed by atoms with Crippen molar-refractivity contribution < 1.29 is 14.3 Å². The van der Waals surface area contributed by atoms with Gasteiger partial charge < -0.3 is 9.64 Å². The van der Waals surface area contributed by atoms with E-state index in [0.717, 1.165) is 12.0 Å². The summed E-state index contributed by atoms with van der Waals surface area (Å²) in [5, 5.41) is 0. The van der Waals surface area contributed by atoms with Gasteiger partial charge >= 0.3 is 5.97 Å². The third-order valence-electron chi connectivity index (χ3n) is 4.45. The molecule has 2 bridgehead atoms. The number of benzene rings is 1. The Kier molecular flexibility index (Phi) is 3.72. The van der Waals surface area contributed by atoms with E-state index in [1.807, 2.05) is 30.3 Å². The highest BCUT2D eigenvalue weighted by Crippen LogP contribution is 2.37. The number of likely N-dealkylation sites (tertiary alicyclic amines) is 2. The second kappa shape index (κ2) is 5.52. The van der Waals surface area contributed by atoms with Crippen molar-refractivity contribution in [3.8, 4) is 0 Å². The number of esters is 1. The van der Waals surface area contributed by atoms with E-state index < -0.39 is 11.8 Å². The van der Waals surface area contributed by atoms with Crippen molar-refractivity contribution in [1.82, 2.24) is 9.80 Å². The van der Waals surface area contributed by atoms with Gasteiger partial charge in [0.2, 0.25) is 7.85 Å². The molecule has 2 aliphatic rings. The van der Waals surface area contributed by atoms with Crippen LogP contribution in [0.5, 0.6) is 0 Å².